The summed E-state index contributed by atoms with van der Waals surface area (Å²) in [4.78, 5) is 11.7. The summed E-state index contributed by atoms with van der Waals surface area (Å²) in [5.74, 6) is -0.255. The zero-order chi connectivity index (χ0) is 17.9. The first-order chi connectivity index (χ1) is 11.7. The molecule has 0 fully saturated rings. The fourth-order valence-electron chi connectivity index (χ4n) is 2.85. The van der Waals surface area contributed by atoms with Gasteiger partial charge in [-0.1, -0.05) is 84.0 Å². The van der Waals surface area contributed by atoms with Gasteiger partial charge in [0, 0.05) is 0 Å². The van der Waals surface area contributed by atoms with Crippen molar-refractivity contribution in [2.45, 2.75) is 109 Å². The van der Waals surface area contributed by atoms with Gasteiger partial charge >= 0.3 is 5.97 Å². The predicted octanol–water partition coefficient (Wildman–Crippen LogP) is 4.69. The number of nitrogens with two attached hydrogens (primary N) is 2. The van der Waals surface area contributed by atoms with Gasteiger partial charge in [0.1, 0.15) is 6.04 Å². The number of rotatable bonds is 18. The molecule has 0 amide bonds. The Bertz CT molecular complexity index is 272. The van der Waals surface area contributed by atoms with Gasteiger partial charge in [0.15, 0.2) is 0 Å². The van der Waals surface area contributed by atoms with Crippen molar-refractivity contribution in [3.8, 4) is 0 Å². The molecular formula is C20H42N2O2. The second-order valence-electron chi connectivity index (χ2n) is 6.95. The van der Waals surface area contributed by atoms with Crippen molar-refractivity contribution in [3.63, 3.8) is 0 Å². The molecule has 24 heavy (non-hydrogen) atoms. The lowest BCUT2D eigenvalue weighted by Crippen LogP contribution is -2.32. The van der Waals surface area contributed by atoms with Crippen LogP contribution >= 0.6 is 0 Å². The van der Waals surface area contributed by atoms with Crippen LogP contribution in [0.5, 0.6) is 0 Å². The molecule has 0 heterocycles. The molecule has 0 aromatic heterocycles. The third-order valence-corrected chi connectivity index (χ3v) is 4.51. The molecule has 4 nitrogen and oxygen atoms in total. The monoisotopic (exact) mass is 342 g/mol. The van der Waals surface area contributed by atoms with Crippen LogP contribution in [0.4, 0.5) is 0 Å². The van der Waals surface area contributed by atoms with Gasteiger partial charge in [0.05, 0.1) is 6.61 Å². The van der Waals surface area contributed by atoms with Crippen LogP contribution < -0.4 is 11.5 Å². The third kappa shape index (κ3) is 16.3. The predicted molar refractivity (Wildman–Crippen MR) is 103 cm³/mol. The Labute approximate surface area is 150 Å². The summed E-state index contributed by atoms with van der Waals surface area (Å²) in [7, 11) is 0. The van der Waals surface area contributed by atoms with Gasteiger partial charge in [-0.25, -0.2) is 0 Å². The summed E-state index contributed by atoms with van der Waals surface area (Å²) in [5.41, 5.74) is 11.2. The minimum atomic E-state index is -0.478. The van der Waals surface area contributed by atoms with E-state index in [-0.39, 0.29) is 5.97 Å². The van der Waals surface area contributed by atoms with Gasteiger partial charge in [0.2, 0.25) is 0 Å². The molecule has 1 atom stereocenters. The molecule has 0 saturated carbocycles. The zero-order valence-electron chi connectivity index (χ0n) is 16.1. The van der Waals surface area contributed by atoms with E-state index in [2.05, 4.69) is 6.92 Å². The van der Waals surface area contributed by atoms with Crippen molar-refractivity contribution in [1.29, 1.82) is 0 Å². The summed E-state index contributed by atoms with van der Waals surface area (Å²) in [6, 6.07) is -0.478. The fourth-order valence-corrected chi connectivity index (χ4v) is 2.85. The number of carbonyl (C=O) groups is 1. The lowest BCUT2D eigenvalue weighted by Gasteiger charge is -2.11. The molecule has 0 unspecified atom stereocenters. The molecular weight excluding hydrogens is 300 g/mol. The molecule has 0 aliphatic carbocycles. The first-order valence-electron chi connectivity index (χ1n) is 10.3. The Kier molecular flexibility index (Phi) is 18.2. The van der Waals surface area contributed by atoms with E-state index < -0.39 is 6.04 Å². The number of esters is 1. The lowest BCUT2D eigenvalue weighted by atomic mass is 10.1. The van der Waals surface area contributed by atoms with E-state index in [1.54, 1.807) is 0 Å². The number of carbonyl (C=O) groups excluding carboxylic acids is 1. The van der Waals surface area contributed by atoms with Crippen LogP contribution in [-0.2, 0) is 9.53 Å². The van der Waals surface area contributed by atoms with Crippen LogP contribution in [-0.4, -0.2) is 25.2 Å². The minimum absolute atomic E-state index is 0.255. The van der Waals surface area contributed by atoms with Crippen LogP contribution in [0.15, 0.2) is 0 Å². The Morgan fingerprint density at radius 3 is 1.79 bits per heavy atom. The van der Waals surface area contributed by atoms with Crippen LogP contribution in [0, 0.1) is 0 Å². The molecule has 0 radical (unpaired) electrons. The van der Waals surface area contributed by atoms with Gasteiger partial charge in [-0.2, -0.15) is 0 Å². The maximum absolute atomic E-state index is 11.7. The van der Waals surface area contributed by atoms with E-state index in [0.717, 1.165) is 25.7 Å². The van der Waals surface area contributed by atoms with Crippen LogP contribution in [0.2, 0.25) is 0 Å². The highest BCUT2D eigenvalue weighted by Crippen LogP contribution is 2.12. The normalized spacial score (nSPS) is 12.3. The van der Waals surface area contributed by atoms with Crippen molar-refractivity contribution < 1.29 is 9.53 Å². The van der Waals surface area contributed by atoms with E-state index in [1.807, 2.05) is 0 Å². The quantitative estimate of drug-likeness (QED) is 0.280. The first-order valence-corrected chi connectivity index (χ1v) is 10.3. The molecule has 144 valence electrons. The molecule has 0 aliphatic rings. The molecule has 0 saturated heterocycles. The standard InChI is InChI=1S/C20H42N2O2/c1-2-3-4-5-6-7-8-9-10-11-12-15-18-24-20(23)19(22)16-13-14-17-21/h19H,2-18,21-22H2,1H3/t19-/m0/s1. The Balaban J connectivity index is 3.23. The van der Waals surface area contributed by atoms with E-state index >= 15 is 0 Å². The highest BCUT2D eigenvalue weighted by Gasteiger charge is 2.13. The average molecular weight is 343 g/mol. The Morgan fingerprint density at radius 2 is 1.29 bits per heavy atom. The molecule has 0 aromatic carbocycles. The van der Waals surface area contributed by atoms with Crippen molar-refractivity contribution in [2.75, 3.05) is 13.2 Å². The zero-order valence-corrected chi connectivity index (χ0v) is 16.1. The van der Waals surface area contributed by atoms with Gasteiger partial charge < -0.3 is 16.2 Å². The topological polar surface area (TPSA) is 78.3 Å². The first kappa shape index (κ1) is 23.4. The minimum Gasteiger partial charge on any atom is -0.465 e. The van der Waals surface area contributed by atoms with Crippen molar-refractivity contribution in [3.05, 3.63) is 0 Å². The average Bonchev–Trinajstić information content (AvgIpc) is 2.58. The molecule has 0 aromatic rings. The Morgan fingerprint density at radius 1 is 0.792 bits per heavy atom. The smallest absolute Gasteiger partial charge is 0.322 e. The highest BCUT2D eigenvalue weighted by molar-refractivity contribution is 5.75. The molecule has 0 rings (SSSR count). The van der Waals surface area contributed by atoms with Crippen molar-refractivity contribution in [2.24, 2.45) is 11.5 Å². The van der Waals surface area contributed by atoms with E-state index in [4.69, 9.17) is 16.2 Å². The number of ether oxygens (including phenoxy) is 1. The number of unbranched alkanes of at least 4 members (excludes halogenated alkanes) is 12. The van der Waals surface area contributed by atoms with Gasteiger partial charge in [-0.15, -0.1) is 0 Å². The molecule has 4 heteroatoms. The van der Waals surface area contributed by atoms with Crippen molar-refractivity contribution in [1.82, 2.24) is 0 Å². The summed E-state index contributed by atoms with van der Waals surface area (Å²) in [6.07, 6.45) is 18.2. The van der Waals surface area contributed by atoms with Crippen molar-refractivity contribution >= 4 is 5.97 Å². The number of hydrogen-bond acceptors (Lipinski definition) is 4. The SMILES string of the molecule is CCCCCCCCCCCCCCOC(=O)[C@@H](N)CCCCN. The molecule has 0 aliphatic heterocycles. The van der Waals surface area contributed by atoms with Gasteiger partial charge in [0.25, 0.3) is 0 Å². The second-order valence-corrected chi connectivity index (χ2v) is 6.95. The summed E-state index contributed by atoms with van der Waals surface area (Å²) < 4.78 is 5.23. The summed E-state index contributed by atoms with van der Waals surface area (Å²) in [6.45, 7) is 3.43. The van der Waals surface area contributed by atoms with Crippen LogP contribution in [0.1, 0.15) is 103 Å². The summed E-state index contributed by atoms with van der Waals surface area (Å²) >= 11 is 0. The lowest BCUT2D eigenvalue weighted by molar-refractivity contribution is -0.145. The summed E-state index contributed by atoms with van der Waals surface area (Å²) in [5, 5.41) is 0. The molecule has 0 bridgehead atoms. The largest absolute Gasteiger partial charge is 0.465 e. The Hall–Kier alpha value is -0.610. The molecule has 0 spiro atoms. The van der Waals surface area contributed by atoms with Gasteiger partial charge in [-0.3, -0.25) is 4.79 Å². The fraction of sp³-hybridized carbons (Fsp3) is 0.950. The van der Waals surface area contributed by atoms with E-state index in [9.17, 15) is 4.79 Å². The number of hydrogen-bond donors (Lipinski definition) is 2. The molecule has 4 N–H and O–H groups in total. The van der Waals surface area contributed by atoms with Crippen LogP contribution in [0.3, 0.4) is 0 Å². The highest BCUT2D eigenvalue weighted by atomic mass is 16.5. The maximum atomic E-state index is 11.7. The third-order valence-electron chi connectivity index (χ3n) is 4.51. The van der Waals surface area contributed by atoms with E-state index in [0.29, 0.717) is 19.6 Å². The van der Waals surface area contributed by atoms with Crippen LogP contribution in [0.25, 0.3) is 0 Å². The van der Waals surface area contributed by atoms with Gasteiger partial charge in [-0.05, 0) is 25.8 Å². The second kappa shape index (κ2) is 18.7. The maximum Gasteiger partial charge on any atom is 0.322 e. The van der Waals surface area contributed by atoms with E-state index in [1.165, 1.54) is 64.2 Å².